The first kappa shape index (κ1) is 24.7. The van der Waals surface area contributed by atoms with Crippen molar-refractivity contribution in [3.8, 4) is 5.75 Å². The Morgan fingerprint density at radius 3 is 2.11 bits per heavy atom. The highest BCUT2D eigenvalue weighted by atomic mass is 32.2. The van der Waals surface area contributed by atoms with Crippen LogP contribution in [0.1, 0.15) is 16.7 Å². The number of amidine groups is 1. The Kier molecular flexibility index (Phi) is 7.01. The van der Waals surface area contributed by atoms with Crippen LogP contribution in [0.4, 0.5) is 5.69 Å². The molecule has 0 aliphatic carbocycles. The van der Waals surface area contributed by atoms with E-state index in [1.807, 2.05) is 115 Å². The van der Waals surface area contributed by atoms with Gasteiger partial charge in [-0.1, -0.05) is 60.7 Å². The summed E-state index contributed by atoms with van der Waals surface area (Å²) in [6.45, 7) is 0.693. The fourth-order valence-electron chi connectivity index (χ4n) is 4.99. The molecule has 4 aromatic carbocycles. The molecule has 1 unspecified atom stereocenters. The number of carbonyl (C=O) groups is 1. The minimum Gasteiger partial charge on any atom is -0.497 e. The van der Waals surface area contributed by atoms with Crippen molar-refractivity contribution in [1.29, 1.82) is 0 Å². The topological polar surface area (TPSA) is 52.8 Å². The summed E-state index contributed by atoms with van der Waals surface area (Å²) in [4.78, 5) is 16.6. The van der Waals surface area contributed by atoms with Gasteiger partial charge in [0.05, 0.1) is 12.7 Å². The van der Waals surface area contributed by atoms with Crippen LogP contribution in [0.2, 0.25) is 0 Å². The smallest absolute Gasteiger partial charge is 0.361 e. The molecule has 4 aromatic rings. The van der Waals surface area contributed by atoms with E-state index >= 15 is 0 Å². The number of anilines is 1. The Morgan fingerprint density at radius 2 is 1.54 bits per heavy atom. The molecule has 1 atom stereocenters. The van der Waals surface area contributed by atoms with E-state index in [-0.39, 0.29) is 6.54 Å². The number of thioether (sulfide) groups is 1. The second-order valence-corrected chi connectivity index (χ2v) is 9.82. The molecule has 0 amide bonds. The van der Waals surface area contributed by atoms with Crippen LogP contribution in [-0.4, -0.2) is 41.4 Å². The third kappa shape index (κ3) is 4.60. The molecule has 0 saturated heterocycles. The highest BCUT2D eigenvalue weighted by molar-refractivity contribution is 7.98. The summed E-state index contributed by atoms with van der Waals surface area (Å²) in [5.74, 6) is 0.721. The predicted octanol–water partition coefficient (Wildman–Crippen LogP) is 5.88. The number of carboxylic acid groups (broad SMARTS) is 1. The van der Waals surface area contributed by atoms with E-state index in [2.05, 4.69) is 9.48 Å². The zero-order valence-corrected chi connectivity index (χ0v) is 21.7. The van der Waals surface area contributed by atoms with Gasteiger partial charge >= 0.3 is 5.97 Å². The normalized spacial score (nSPS) is 17.2. The quantitative estimate of drug-likeness (QED) is 0.238. The Labute approximate surface area is 221 Å². The lowest BCUT2D eigenvalue weighted by molar-refractivity contribution is -0.607. The van der Waals surface area contributed by atoms with Gasteiger partial charge in [0.15, 0.2) is 0 Å². The molecule has 0 saturated carbocycles. The number of hydrogen-bond donors (Lipinski definition) is 1. The monoisotopic (exact) mass is 509 g/mol. The summed E-state index contributed by atoms with van der Waals surface area (Å²) < 4.78 is 7.44. The predicted molar refractivity (Wildman–Crippen MR) is 149 cm³/mol. The molecule has 1 aliphatic rings. The largest absolute Gasteiger partial charge is 0.497 e. The van der Waals surface area contributed by atoms with Crippen molar-refractivity contribution in [3.63, 3.8) is 0 Å². The number of methoxy groups -OCH3 is 1. The zero-order chi connectivity index (χ0) is 25.8. The number of nitrogens with zero attached hydrogens (tertiary/aromatic N) is 2. The fourth-order valence-corrected chi connectivity index (χ4v) is 5.39. The Morgan fingerprint density at radius 1 is 0.919 bits per heavy atom. The average molecular weight is 510 g/mol. The third-order valence-corrected chi connectivity index (χ3v) is 7.62. The molecule has 0 aromatic heterocycles. The van der Waals surface area contributed by atoms with Crippen molar-refractivity contribution in [1.82, 2.24) is 0 Å². The summed E-state index contributed by atoms with van der Waals surface area (Å²) in [7, 11) is 1.64. The van der Waals surface area contributed by atoms with Gasteiger partial charge in [0.2, 0.25) is 0 Å². The zero-order valence-electron chi connectivity index (χ0n) is 20.9. The Bertz CT molecular complexity index is 1400. The molecule has 1 aliphatic heterocycles. The van der Waals surface area contributed by atoms with Crippen LogP contribution in [0.25, 0.3) is 0 Å². The number of ether oxygens (including phenoxy) is 1. The van der Waals surface area contributed by atoms with Gasteiger partial charge in [-0.05, 0) is 60.4 Å². The van der Waals surface area contributed by atoms with Gasteiger partial charge in [-0.2, -0.15) is 0 Å². The SMILES string of the molecule is COc1ccc(N2CC(C(=O)O)(c3ccc(SC)cc3)[N+](Cc3ccccc3)=C2c2ccccc2)cc1. The van der Waals surface area contributed by atoms with E-state index in [0.29, 0.717) is 6.54 Å². The molecular formula is C31H29N2O3S+. The van der Waals surface area contributed by atoms with Gasteiger partial charge in [-0.3, -0.25) is 0 Å². The first-order chi connectivity index (χ1) is 18.1. The second kappa shape index (κ2) is 10.5. The molecule has 1 N–H and O–H groups in total. The Balaban J connectivity index is 1.79. The highest BCUT2D eigenvalue weighted by Gasteiger charge is 2.59. The number of hydrogen-bond acceptors (Lipinski definition) is 4. The van der Waals surface area contributed by atoms with Crippen molar-refractivity contribution < 1.29 is 19.2 Å². The van der Waals surface area contributed by atoms with Crippen molar-refractivity contribution in [2.24, 2.45) is 0 Å². The molecular weight excluding hydrogens is 480 g/mol. The molecule has 5 nitrogen and oxygen atoms in total. The van der Waals surface area contributed by atoms with Gasteiger partial charge in [0.1, 0.15) is 24.5 Å². The first-order valence-corrected chi connectivity index (χ1v) is 13.3. The molecule has 1 heterocycles. The molecule has 5 rings (SSSR count). The summed E-state index contributed by atoms with van der Waals surface area (Å²) in [6.07, 6.45) is 2.02. The number of benzene rings is 4. The van der Waals surface area contributed by atoms with E-state index in [1.54, 1.807) is 18.9 Å². The number of aliphatic carboxylic acids is 1. The summed E-state index contributed by atoms with van der Waals surface area (Å²) >= 11 is 1.64. The number of carboxylic acids is 1. The lowest BCUT2D eigenvalue weighted by Crippen LogP contribution is -2.47. The summed E-state index contributed by atoms with van der Waals surface area (Å²) in [6, 6.07) is 35.8. The maximum Gasteiger partial charge on any atom is 0.361 e. The van der Waals surface area contributed by atoms with Crippen LogP contribution >= 0.6 is 11.8 Å². The van der Waals surface area contributed by atoms with Crippen molar-refractivity contribution in [2.45, 2.75) is 17.0 Å². The van der Waals surface area contributed by atoms with E-state index in [1.165, 1.54) is 0 Å². The fraction of sp³-hybridized carbons (Fsp3) is 0.161. The molecule has 0 bridgehead atoms. The molecule has 0 radical (unpaired) electrons. The highest BCUT2D eigenvalue weighted by Crippen LogP contribution is 2.38. The molecule has 0 fully saturated rings. The average Bonchev–Trinajstić information content (AvgIpc) is 3.30. The lowest BCUT2D eigenvalue weighted by Gasteiger charge is -2.25. The maximum atomic E-state index is 13.4. The lowest BCUT2D eigenvalue weighted by atomic mass is 9.89. The van der Waals surface area contributed by atoms with E-state index in [9.17, 15) is 9.90 Å². The molecule has 6 heteroatoms. The van der Waals surface area contributed by atoms with Crippen molar-refractivity contribution in [2.75, 3.05) is 24.8 Å². The van der Waals surface area contributed by atoms with E-state index < -0.39 is 11.5 Å². The Hall–Kier alpha value is -4.03. The van der Waals surface area contributed by atoms with Gasteiger partial charge in [0.25, 0.3) is 11.4 Å². The molecule has 37 heavy (non-hydrogen) atoms. The third-order valence-electron chi connectivity index (χ3n) is 6.88. The first-order valence-electron chi connectivity index (χ1n) is 12.1. The summed E-state index contributed by atoms with van der Waals surface area (Å²) in [5, 5.41) is 11.0. The van der Waals surface area contributed by atoms with Crippen LogP contribution in [0.5, 0.6) is 5.75 Å². The van der Waals surface area contributed by atoms with Gasteiger partial charge in [-0.15, -0.1) is 11.8 Å². The molecule has 0 spiro atoms. The van der Waals surface area contributed by atoms with Crippen LogP contribution in [0.15, 0.2) is 114 Å². The van der Waals surface area contributed by atoms with Gasteiger partial charge in [-0.25, -0.2) is 14.3 Å². The van der Waals surface area contributed by atoms with Crippen molar-refractivity contribution in [3.05, 3.63) is 126 Å². The standard InChI is InChI=1S/C31H28N2O3S/c1-36-27-17-15-26(16-18-27)32-22-31(30(34)35,25-13-19-28(37-2)20-14-25)33(21-23-9-5-3-6-10-23)29(32)24-11-7-4-8-12-24/h3-20H,21-22H2,1-2H3/p+1. The van der Waals surface area contributed by atoms with Crippen LogP contribution in [0.3, 0.4) is 0 Å². The second-order valence-electron chi connectivity index (χ2n) is 8.94. The molecule has 186 valence electrons. The minimum absolute atomic E-state index is 0.254. The van der Waals surface area contributed by atoms with Crippen LogP contribution < -0.4 is 9.64 Å². The van der Waals surface area contributed by atoms with Crippen LogP contribution in [0, 0.1) is 0 Å². The minimum atomic E-state index is -1.31. The maximum absolute atomic E-state index is 13.4. The van der Waals surface area contributed by atoms with Gasteiger partial charge in [0, 0.05) is 10.5 Å². The van der Waals surface area contributed by atoms with Crippen molar-refractivity contribution >= 4 is 29.3 Å². The number of rotatable bonds is 8. The summed E-state index contributed by atoms with van der Waals surface area (Å²) in [5.41, 5.74) is 2.34. The van der Waals surface area contributed by atoms with E-state index in [4.69, 9.17) is 4.74 Å². The van der Waals surface area contributed by atoms with Gasteiger partial charge < -0.3 is 9.84 Å². The van der Waals surface area contributed by atoms with E-state index in [0.717, 1.165) is 38.9 Å². The van der Waals surface area contributed by atoms with Crippen LogP contribution in [-0.2, 0) is 16.9 Å².